The highest BCUT2D eigenvalue weighted by atomic mass is 32.2. The van der Waals surface area contributed by atoms with Crippen molar-refractivity contribution in [3.63, 3.8) is 0 Å². The first-order valence-electron chi connectivity index (χ1n) is 14.8. The first kappa shape index (κ1) is 29.0. The summed E-state index contributed by atoms with van der Waals surface area (Å²) in [5.74, 6) is 0.0142. The maximum absolute atomic E-state index is 14.3. The largest absolute Gasteiger partial charge is 0.495 e. The molecule has 0 radical (unpaired) electrons. The molecule has 44 heavy (non-hydrogen) atoms. The topological polar surface area (TPSA) is 106 Å². The number of ether oxygens (including phenoxy) is 1. The summed E-state index contributed by atoms with van der Waals surface area (Å²) in [6.45, 7) is 2.04. The smallest absolute Gasteiger partial charge is 0.338 e. The van der Waals surface area contributed by atoms with Gasteiger partial charge in [-0.05, 0) is 103 Å². The van der Waals surface area contributed by atoms with E-state index in [1.165, 1.54) is 67.9 Å². The van der Waals surface area contributed by atoms with Gasteiger partial charge in [0.2, 0.25) is 0 Å². The van der Waals surface area contributed by atoms with Crippen LogP contribution in [0.5, 0.6) is 5.75 Å². The Kier molecular flexibility index (Phi) is 7.05. The van der Waals surface area contributed by atoms with Crippen LogP contribution in [-0.4, -0.2) is 31.6 Å². The van der Waals surface area contributed by atoms with Crippen LogP contribution in [0.3, 0.4) is 0 Å². The molecular formula is C34H33FN2O5S2. The van der Waals surface area contributed by atoms with Crippen LogP contribution >= 0.6 is 11.3 Å². The Hall–Kier alpha value is -3.76. The number of carboxylic acids is 1. The predicted octanol–water partition coefficient (Wildman–Crippen LogP) is 7.90. The summed E-state index contributed by atoms with van der Waals surface area (Å²) in [5.41, 5.74) is 5.14. The van der Waals surface area contributed by atoms with E-state index in [0.717, 1.165) is 52.1 Å². The van der Waals surface area contributed by atoms with Crippen molar-refractivity contribution >= 4 is 33.0 Å². The number of aromatic nitrogens is 1. The van der Waals surface area contributed by atoms with Crippen LogP contribution < -0.4 is 9.46 Å². The van der Waals surface area contributed by atoms with E-state index >= 15 is 0 Å². The van der Waals surface area contributed by atoms with Crippen molar-refractivity contribution in [2.45, 2.75) is 55.9 Å². The molecule has 4 fully saturated rings. The molecular weight excluding hydrogens is 600 g/mol. The van der Waals surface area contributed by atoms with Crippen molar-refractivity contribution in [2.24, 2.45) is 17.8 Å². The zero-order valence-electron chi connectivity index (χ0n) is 24.5. The van der Waals surface area contributed by atoms with Crippen molar-refractivity contribution in [3.8, 4) is 27.4 Å². The molecule has 7 nitrogen and oxygen atoms in total. The van der Waals surface area contributed by atoms with Crippen LogP contribution in [0, 0.1) is 30.5 Å². The number of carbonyl (C=O) groups is 1. The highest BCUT2D eigenvalue weighted by molar-refractivity contribution is 7.92. The Labute approximate surface area is 260 Å². The second-order valence-electron chi connectivity index (χ2n) is 12.7. The standard InChI is InChI=1S/C34H33FN2O5S2/c1-19-9-24(32-36-31(18-43-32)44(40,41)37-29-14-28(35)27(33(38)39)13-30(29)42-2)5-8-26(19)23-3-6-25(7-4-23)34-15-20-10-21(16-34)12-22(11-20)17-34/h3-9,13-14,18,20-22,37H,10-12,15-17H2,1-2H3,(H,38,39). The van der Waals surface area contributed by atoms with Crippen LogP contribution in [0.25, 0.3) is 21.7 Å². The number of thiazole rings is 1. The summed E-state index contributed by atoms with van der Waals surface area (Å²) in [6.07, 6.45) is 8.33. The molecule has 3 aromatic carbocycles. The van der Waals surface area contributed by atoms with Gasteiger partial charge in [-0.1, -0.05) is 36.4 Å². The third-order valence-electron chi connectivity index (χ3n) is 9.84. The maximum atomic E-state index is 14.3. The van der Waals surface area contributed by atoms with E-state index in [0.29, 0.717) is 10.4 Å². The number of sulfonamides is 1. The molecule has 0 spiro atoms. The van der Waals surface area contributed by atoms with Gasteiger partial charge in [0.15, 0.2) is 5.03 Å². The SMILES string of the molecule is COc1cc(C(=O)O)c(F)cc1NS(=O)(=O)c1csc(-c2ccc(-c3ccc(C45CC6CC(CC(C6)C4)C5)cc3)c(C)c2)n1. The normalized spacial score (nSPS) is 23.9. The molecule has 1 aromatic heterocycles. The van der Waals surface area contributed by atoms with Crippen LogP contribution in [0.1, 0.15) is 60.0 Å². The lowest BCUT2D eigenvalue weighted by molar-refractivity contribution is -0.00518. The molecule has 0 amide bonds. The molecule has 4 bridgehead atoms. The molecule has 0 saturated heterocycles. The number of rotatable bonds is 8. The zero-order chi connectivity index (χ0) is 30.8. The molecule has 0 aliphatic heterocycles. The molecule has 228 valence electrons. The van der Waals surface area contributed by atoms with E-state index < -0.39 is 27.4 Å². The van der Waals surface area contributed by atoms with Gasteiger partial charge in [0.05, 0.1) is 18.4 Å². The number of methoxy groups -OCH3 is 1. The van der Waals surface area contributed by atoms with Crippen molar-refractivity contribution in [1.82, 2.24) is 4.98 Å². The van der Waals surface area contributed by atoms with E-state index in [2.05, 4.69) is 40.0 Å². The maximum Gasteiger partial charge on any atom is 0.338 e. The van der Waals surface area contributed by atoms with E-state index in [9.17, 15) is 17.6 Å². The van der Waals surface area contributed by atoms with Crippen molar-refractivity contribution in [3.05, 3.63) is 82.5 Å². The number of aryl methyl sites for hydroxylation is 1. The van der Waals surface area contributed by atoms with Gasteiger partial charge < -0.3 is 9.84 Å². The number of carboxylic acid groups (broad SMARTS) is 1. The van der Waals surface area contributed by atoms with Crippen molar-refractivity contribution in [1.29, 1.82) is 0 Å². The molecule has 4 aliphatic rings. The Morgan fingerprint density at radius 1 is 1.00 bits per heavy atom. The quantitative estimate of drug-likeness (QED) is 0.205. The average molecular weight is 633 g/mol. The van der Waals surface area contributed by atoms with Gasteiger partial charge in [-0.15, -0.1) is 11.3 Å². The number of aromatic carboxylic acids is 1. The highest BCUT2D eigenvalue weighted by Gasteiger charge is 2.51. The van der Waals surface area contributed by atoms with Gasteiger partial charge in [-0.3, -0.25) is 4.72 Å². The summed E-state index contributed by atoms with van der Waals surface area (Å²) in [4.78, 5) is 15.6. The lowest BCUT2D eigenvalue weighted by atomic mass is 9.48. The van der Waals surface area contributed by atoms with Crippen LogP contribution in [0.2, 0.25) is 0 Å². The van der Waals surface area contributed by atoms with Gasteiger partial charge in [-0.2, -0.15) is 8.42 Å². The highest BCUT2D eigenvalue weighted by Crippen LogP contribution is 2.60. The summed E-state index contributed by atoms with van der Waals surface area (Å²) in [7, 11) is -2.97. The Balaban J connectivity index is 1.10. The number of halogens is 1. The van der Waals surface area contributed by atoms with E-state index in [4.69, 9.17) is 9.84 Å². The van der Waals surface area contributed by atoms with Crippen LogP contribution in [0.15, 0.2) is 65.0 Å². The predicted molar refractivity (Wildman–Crippen MR) is 168 cm³/mol. The molecule has 1 heterocycles. The van der Waals surface area contributed by atoms with E-state index in [-0.39, 0.29) is 16.5 Å². The molecule has 2 N–H and O–H groups in total. The zero-order valence-corrected chi connectivity index (χ0v) is 26.1. The number of nitrogens with one attached hydrogen (secondary N) is 1. The molecule has 8 rings (SSSR count). The van der Waals surface area contributed by atoms with Crippen molar-refractivity contribution in [2.75, 3.05) is 11.8 Å². The summed E-state index contributed by atoms with van der Waals surface area (Å²) < 4.78 is 47.9. The molecule has 10 heteroatoms. The minimum Gasteiger partial charge on any atom is -0.495 e. The summed E-state index contributed by atoms with van der Waals surface area (Å²) >= 11 is 1.19. The number of anilines is 1. The van der Waals surface area contributed by atoms with Gasteiger partial charge in [0.25, 0.3) is 10.0 Å². The second-order valence-corrected chi connectivity index (χ2v) is 15.2. The van der Waals surface area contributed by atoms with Crippen molar-refractivity contribution < 1.29 is 27.4 Å². The molecule has 4 aliphatic carbocycles. The minimum absolute atomic E-state index is 0.125. The fraction of sp³-hybridized carbons (Fsp3) is 0.353. The molecule has 4 saturated carbocycles. The Bertz CT molecular complexity index is 1850. The lowest BCUT2D eigenvalue weighted by Crippen LogP contribution is -2.48. The van der Waals surface area contributed by atoms with E-state index in [1.807, 2.05) is 19.1 Å². The third-order valence-corrected chi connectivity index (χ3v) is 12.1. The fourth-order valence-electron chi connectivity index (χ4n) is 8.27. The monoisotopic (exact) mass is 632 g/mol. The van der Waals surface area contributed by atoms with E-state index in [1.54, 1.807) is 0 Å². The Morgan fingerprint density at radius 2 is 1.64 bits per heavy atom. The fourth-order valence-corrected chi connectivity index (χ4v) is 10.4. The average Bonchev–Trinajstić information content (AvgIpc) is 3.48. The molecule has 0 atom stereocenters. The lowest BCUT2D eigenvalue weighted by Gasteiger charge is -2.57. The summed E-state index contributed by atoms with van der Waals surface area (Å²) in [6, 6.07) is 16.9. The Morgan fingerprint density at radius 3 is 2.23 bits per heavy atom. The van der Waals surface area contributed by atoms with Gasteiger partial charge >= 0.3 is 5.97 Å². The summed E-state index contributed by atoms with van der Waals surface area (Å²) in [5, 5.41) is 10.9. The molecule has 4 aromatic rings. The van der Waals surface area contributed by atoms with Gasteiger partial charge in [0.1, 0.15) is 16.6 Å². The number of hydrogen-bond acceptors (Lipinski definition) is 6. The van der Waals surface area contributed by atoms with Crippen LogP contribution in [-0.2, 0) is 15.4 Å². The number of nitrogens with zero attached hydrogens (tertiary/aromatic N) is 1. The van der Waals surface area contributed by atoms with Gasteiger partial charge in [0, 0.05) is 17.0 Å². The second kappa shape index (κ2) is 10.7. The first-order valence-corrected chi connectivity index (χ1v) is 17.2. The van der Waals surface area contributed by atoms with Gasteiger partial charge in [-0.25, -0.2) is 14.2 Å². The molecule has 0 unspecified atom stereocenters. The number of hydrogen-bond donors (Lipinski definition) is 2. The minimum atomic E-state index is -4.21. The number of benzene rings is 3. The van der Waals surface area contributed by atoms with Crippen LogP contribution in [0.4, 0.5) is 10.1 Å². The first-order chi connectivity index (χ1) is 21.0. The third kappa shape index (κ3) is 5.07.